The Morgan fingerprint density at radius 2 is 1.73 bits per heavy atom. The van der Waals surface area contributed by atoms with Gasteiger partial charge in [-0.15, -0.1) is 0 Å². The summed E-state index contributed by atoms with van der Waals surface area (Å²) >= 11 is 0. The Bertz CT molecular complexity index is 1840. The topological polar surface area (TPSA) is 90.4 Å². The van der Waals surface area contributed by atoms with Gasteiger partial charge in [0.1, 0.15) is 11.5 Å². The summed E-state index contributed by atoms with van der Waals surface area (Å²) in [6, 6.07) is 20.3. The average Bonchev–Trinajstić information content (AvgIpc) is 3.27. The first-order chi connectivity index (χ1) is 17.8. The van der Waals surface area contributed by atoms with Crippen molar-refractivity contribution in [3.8, 4) is 28.4 Å². The standard InChI is InChI=1S/C29H26N4O4/c1-16-8-7-9-17(14-16)25-23-26(31(2)29(36)32(3)28(23)35)27-24(19-15-18(37-4)12-13-22(19)34)30-20-10-5-6-11-21(20)33(25)27/h5-15,24,30,34H,1-4H3/t24-/m1/s1. The van der Waals surface area contributed by atoms with Crippen LogP contribution in [0.3, 0.4) is 0 Å². The van der Waals surface area contributed by atoms with Gasteiger partial charge < -0.3 is 19.7 Å². The molecule has 2 N–H and O–H groups in total. The minimum Gasteiger partial charge on any atom is -0.508 e. The molecule has 0 saturated heterocycles. The van der Waals surface area contributed by atoms with E-state index in [0.29, 0.717) is 33.6 Å². The highest BCUT2D eigenvalue weighted by molar-refractivity contribution is 5.99. The molecule has 3 heterocycles. The number of nitrogens with one attached hydrogen (secondary N) is 1. The van der Waals surface area contributed by atoms with Crippen molar-refractivity contribution < 1.29 is 9.84 Å². The second kappa shape index (κ2) is 8.16. The first kappa shape index (κ1) is 22.7. The van der Waals surface area contributed by atoms with E-state index in [4.69, 9.17) is 4.74 Å². The number of aromatic nitrogens is 3. The number of phenolic OH excluding ortho intramolecular Hbond substituents is 1. The number of aryl methyl sites for hydroxylation is 2. The number of hydrogen-bond acceptors (Lipinski definition) is 5. The van der Waals surface area contributed by atoms with E-state index in [9.17, 15) is 14.7 Å². The van der Waals surface area contributed by atoms with Crippen LogP contribution in [0.5, 0.6) is 11.5 Å². The van der Waals surface area contributed by atoms with Crippen LogP contribution in [-0.2, 0) is 14.1 Å². The number of para-hydroxylation sites is 2. The van der Waals surface area contributed by atoms with Crippen LogP contribution in [0, 0.1) is 6.92 Å². The Kier molecular flexibility index (Phi) is 5.01. The van der Waals surface area contributed by atoms with E-state index in [1.807, 2.05) is 55.5 Å². The lowest BCUT2D eigenvalue weighted by atomic mass is 9.98. The third-order valence-corrected chi connectivity index (χ3v) is 7.16. The zero-order valence-corrected chi connectivity index (χ0v) is 20.9. The summed E-state index contributed by atoms with van der Waals surface area (Å²) in [5.74, 6) is 0.657. The molecule has 0 aliphatic carbocycles. The number of ether oxygens (including phenoxy) is 1. The Morgan fingerprint density at radius 3 is 2.49 bits per heavy atom. The number of nitrogens with zero attached hydrogens (tertiary/aromatic N) is 3. The molecule has 0 bridgehead atoms. The van der Waals surface area contributed by atoms with Gasteiger partial charge in [-0.2, -0.15) is 0 Å². The summed E-state index contributed by atoms with van der Waals surface area (Å²) in [6.45, 7) is 2.01. The second-order valence-corrected chi connectivity index (χ2v) is 9.39. The van der Waals surface area contributed by atoms with Crippen LogP contribution in [0.25, 0.3) is 27.8 Å². The fourth-order valence-corrected chi connectivity index (χ4v) is 5.41. The van der Waals surface area contributed by atoms with E-state index in [1.165, 1.54) is 11.6 Å². The van der Waals surface area contributed by atoms with Crippen molar-refractivity contribution in [3.05, 3.63) is 104 Å². The van der Waals surface area contributed by atoms with Gasteiger partial charge in [0.15, 0.2) is 0 Å². The van der Waals surface area contributed by atoms with Crippen molar-refractivity contribution in [2.75, 3.05) is 12.4 Å². The molecule has 37 heavy (non-hydrogen) atoms. The SMILES string of the molecule is COc1ccc(O)c([C@H]2Nc3ccccc3-n3c(-c4cccc(C)c4)c4c(=O)n(C)c(=O)n(C)c4c32)c1. The number of benzene rings is 3. The molecule has 0 amide bonds. The van der Waals surface area contributed by atoms with Crippen LogP contribution in [0.4, 0.5) is 5.69 Å². The fraction of sp³-hybridized carbons (Fsp3) is 0.172. The van der Waals surface area contributed by atoms with Gasteiger partial charge in [0.25, 0.3) is 5.56 Å². The van der Waals surface area contributed by atoms with Gasteiger partial charge in [-0.25, -0.2) is 4.79 Å². The van der Waals surface area contributed by atoms with Gasteiger partial charge in [0, 0.05) is 19.7 Å². The van der Waals surface area contributed by atoms with Gasteiger partial charge in [-0.3, -0.25) is 13.9 Å². The lowest BCUT2D eigenvalue weighted by Crippen LogP contribution is -2.37. The second-order valence-electron chi connectivity index (χ2n) is 9.39. The summed E-state index contributed by atoms with van der Waals surface area (Å²) in [7, 11) is 4.74. The number of phenols is 1. The molecule has 2 aromatic heterocycles. The van der Waals surface area contributed by atoms with Gasteiger partial charge in [-0.1, -0.05) is 35.9 Å². The van der Waals surface area contributed by atoms with Gasteiger partial charge >= 0.3 is 5.69 Å². The number of hydrogen-bond donors (Lipinski definition) is 2. The minimum atomic E-state index is -0.580. The average molecular weight is 495 g/mol. The maximum absolute atomic E-state index is 13.8. The molecular formula is C29H26N4O4. The monoisotopic (exact) mass is 494 g/mol. The first-order valence-electron chi connectivity index (χ1n) is 12.0. The zero-order valence-electron chi connectivity index (χ0n) is 20.9. The molecule has 8 nitrogen and oxygen atoms in total. The highest BCUT2D eigenvalue weighted by Gasteiger charge is 2.35. The van der Waals surface area contributed by atoms with E-state index in [0.717, 1.165) is 27.1 Å². The van der Waals surface area contributed by atoms with Crippen LogP contribution < -0.4 is 21.3 Å². The largest absolute Gasteiger partial charge is 0.508 e. The summed E-state index contributed by atoms with van der Waals surface area (Å²) in [4.78, 5) is 26.9. The van der Waals surface area contributed by atoms with E-state index in [2.05, 4.69) is 9.88 Å². The molecule has 5 aromatic rings. The summed E-state index contributed by atoms with van der Waals surface area (Å²) in [5, 5.41) is 15.0. The predicted molar refractivity (Wildman–Crippen MR) is 144 cm³/mol. The fourth-order valence-electron chi connectivity index (χ4n) is 5.41. The maximum atomic E-state index is 13.8. The number of rotatable bonds is 3. The van der Waals surface area contributed by atoms with Crippen LogP contribution in [0.2, 0.25) is 0 Å². The molecule has 6 rings (SSSR count). The highest BCUT2D eigenvalue weighted by Crippen LogP contribution is 2.47. The molecule has 1 aliphatic rings. The van der Waals surface area contributed by atoms with E-state index < -0.39 is 11.7 Å². The molecule has 1 aliphatic heterocycles. The summed E-state index contributed by atoms with van der Waals surface area (Å²) in [6.07, 6.45) is 0. The summed E-state index contributed by atoms with van der Waals surface area (Å²) < 4.78 is 10.2. The highest BCUT2D eigenvalue weighted by atomic mass is 16.5. The smallest absolute Gasteiger partial charge is 0.331 e. The van der Waals surface area contributed by atoms with E-state index >= 15 is 0 Å². The van der Waals surface area contributed by atoms with Crippen molar-refractivity contribution in [2.24, 2.45) is 14.1 Å². The molecule has 0 saturated carbocycles. The Hall–Kier alpha value is -4.72. The number of anilines is 1. The molecule has 8 heteroatoms. The van der Waals surface area contributed by atoms with E-state index in [1.54, 1.807) is 32.4 Å². The van der Waals surface area contributed by atoms with Crippen LogP contribution in [-0.4, -0.2) is 25.9 Å². The number of fused-ring (bicyclic) bond motifs is 5. The third-order valence-electron chi connectivity index (χ3n) is 7.16. The lowest BCUT2D eigenvalue weighted by molar-refractivity contribution is 0.410. The Balaban J connectivity index is 1.86. The molecule has 0 radical (unpaired) electrons. The van der Waals surface area contributed by atoms with Gasteiger partial charge in [0.2, 0.25) is 0 Å². The molecule has 0 spiro atoms. The molecule has 186 valence electrons. The first-order valence-corrected chi connectivity index (χ1v) is 12.0. The predicted octanol–water partition coefficient (Wildman–Crippen LogP) is 4.23. The maximum Gasteiger partial charge on any atom is 0.331 e. The number of aromatic hydroxyl groups is 1. The molecule has 1 atom stereocenters. The summed E-state index contributed by atoms with van der Waals surface area (Å²) in [5.41, 5.74) is 5.26. The number of methoxy groups -OCH3 is 1. The van der Waals surface area contributed by atoms with E-state index in [-0.39, 0.29) is 11.3 Å². The van der Waals surface area contributed by atoms with Crippen LogP contribution in [0.15, 0.2) is 76.3 Å². The normalized spacial score (nSPS) is 14.2. The molecular weight excluding hydrogens is 468 g/mol. The lowest BCUT2D eigenvalue weighted by Gasteiger charge is -2.31. The third kappa shape index (κ3) is 3.22. The molecule has 3 aromatic carbocycles. The Labute approximate surface area is 212 Å². The quantitative estimate of drug-likeness (QED) is 0.392. The van der Waals surface area contributed by atoms with Crippen LogP contribution in [0.1, 0.15) is 22.9 Å². The minimum absolute atomic E-state index is 0.0736. The Morgan fingerprint density at radius 1 is 0.946 bits per heavy atom. The van der Waals surface area contributed by atoms with Crippen molar-refractivity contribution >= 4 is 16.6 Å². The molecule has 0 unspecified atom stereocenters. The van der Waals surface area contributed by atoms with Crippen molar-refractivity contribution in [3.63, 3.8) is 0 Å². The zero-order chi connectivity index (χ0) is 26.0. The van der Waals surface area contributed by atoms with Gasteiger partial charge in [0.05, 0.1) is 46.8 Å². The molecule has 0 fully saturated rings. The van der Waals surface area contributed by atoms with Crippen molar-refractivity contribution in [1.29, 1.82) is 0 Å². The van der Waals surface area contributed by atoms with Crippen molar-refractivity contribution in [2.45, 2.75) is 13.0 Å². The van der Waals surface area contributed by atoms with Gasteiger partial charge in [-0.05, 0) is 48.9 Å². The van der Waals surface area contributed by atoms with Crippen molar-refractivity contribution in [1.82, 2.24) is 13.7 Å². The van der Waals surface area contributed by atoms with Crippen LogP contribution >= 0.6 is 0 Å².